The van der Waals surface area contributed by atoms with E-state index in [0.29, 0.717) is 6.42 Å². The molecule has 3 aromatic rings. The lowest BCUT2D eigenvalue weighted by Crippen LogP contribution is -2.16. The van der Waals surface area contributed by atoms with Crippen LogP contribution in [-0.2, 0) is 12.8 Å². The zero-order chi connectivity index (χ0) is 12.5. The molecule has 0 unspecified atom stereocenters. The van der Waals surface area contributed by atoms with Crippen LogP contribution in [0.4, 0.5) is 0 Å². The van der Waals surface area contributed by atoms with E-state index in [1.807, 2.05) is 25.1 Å². The molecule has 1 aromatic carbocycles. The Morgan fingerprint density at radius 2 is 2.11 bits per heavy atom. The number of nitrogen functional groups attached to an aromatic ring is 1. The summed E-state index contributed by atoms with van der Waals surface area (Å²) in [4.78, 5) is 4.08. The van der Waals surface area contributed by atoms with Gasteiger partial charge in [0, 0.05) is 12.8 Å². The molecule has 2 N–H and O–H groups in total. The Morgan fingerprint density at radius 1 is 1.28 bits per heavy atom. The van der Waals surface area contributed by atoms with E-state index in [2.05, 4.69) is 15.2 Å². The van der Waals surface area contributed by atoms with Gasteiger partial charge in [0.2, 0.25) is 0 Å². The number of rotatable bonds is 3. The number of aromatic nitrogens is 4. The van der Waals surface area contributed by atoms with Crippen LogP contribution in [0.5, 0.6) is 0 Å². The minimum absolute atomic E-state index is 0.625. The summed E-state index contributed by atoms with van der Waals surface area (Å²) in [5.41, 5.74) is 2.69. The monoisotopic (exact) mass is 243 g/mol. The fourth-order valence-electron chi connectivity index (χ4n) is 1.91. The molecule has 6 heteroatoms. The highest BCUT2D eigenvalue weighted by atomic mass is 16.3. The Labute approximate surface area is 103 Å². The minimum atomic E-state index is 0.625. The number of aryl methyl sites for hydroxylation is 1. The van der Waals surface area contributed by atoms with Crippen molar-refractivity contribution in [3.8, 4) is 0 Å². The van der Waals surface area contributed by atoms with Gasteiger partial charge in [0.25, 0.3) is 0 Å². The lowest BCUT2D eigenvalue weighted by Gasteiger charge is -2.02. The third-order valence-corrected chi connectivity index (χ3v) is 2.91. The van der Waals surface area contributed by atoms with Crippen LogP contribution >= 0.6 is 0 Å². The molecular weight excluding hydrogens is 230 g/mol. The average molecular weight is 243 g/mol. The van der Waals surface area contributed by atoms with E-state index in [0.717, 1.165) is 34.7 Å². The Morgan fingerprint density at radius 3 is 2.89 bits per heavy atom. The largest absolute Gasteiger partial charge is 0.443 e. The molecule has 6 nitrogen and oxygen atoms in total. The van der Waals surface area contributed by atoms with Crippen LogP contribution in [0.1, 0.15) is 24.1 Å². The lowest BCUT2D eigenvalue weighted by atomic mass is 10.1. The van der Waals surface area contributed by atoms with Gasteiger partial charge in [-0.25, -0.2) is 9.66 Å². The summed E-state index contributed by atoms with van der Waals surface area (Å²) in [5.74, 6) is 7.43. The van der Waals surface area contributed by atoms with Crippen LogP contribution in [-0.4, -0.2) is 19.9 Å². The third kappa shape index (κ3) is 1.71. The van der Waals surface area contributed by atoms with Crippen molar-refractivity contribution in [3.05, 3.63) is 41.8 Å². The summed E-state index contributed by atoms with van der Waals surface area (Å²) in [6.07, 6.45) is 2.83. The molecule has 0 saturated heterocycles. The van der Waals surface area contributed by atoms with E-state index in [4.69, 9.17) is 10.3 Å². The first kappa shape index (κ1) is 10.8. The van der Waals surface area contributed by atoms with Gasteiger partial charge in [-0.3, -0.25) is 0 Å². The molecule has 0 spiro atoms. The summed E-state index contributed by atoms with van der Waals surface area (Å²) in [5, 5.41) is 8.13. The molecule has 0 bridgehead atoms. The van der Waals surface area contributed by atoms with E-state index < -0.39 is 0 Å². The Bertz CT molecular complexity index is 685. The van der Waals surface area contributed by atoms with Crippen molar-refractivity contribution in [1.29, 1.82) is 0 Å². The van der Waals surface area contributed by atoms with Crippen LogP contribution in [0.15, 0.2) is 29.0 Å². The smallest absolute Gasteiger partial charge is 0.181 e. The maximum absolute atomic E-state index is 5.91. The SMILES string of the molecule is CCc1nnc(Cc2ccc3ncoc3c2)n1N. The maximum atomic E-state index is 5.91. The van der Waals surface area contributed by atoms with Gasteiger partial charge in [-0.2, -0.15) is 0 Å². The topological polar surface area (TPSA) is 82.8 Å². The Hall–Kier alpha value is -2.37. The molecule has 2 aromatic heterocycles. The number of nitrogens with two attached hydrogens (primary N) is 1. The average Bonchev–Trinajstić information content (AvgIpc) is 2.97. The van der Waals surface area contributed by atoms with Crippen LogP contribution in [0, 0.1) is 0 Å². The molecule has 0 aliphatic carbocycles. The van der Waals surface area contributed by atoms with E-state index in [-0.39, 0.29) is 0 Å². The molecule has 18 heavy (non-hydrogen) atoms. The molecule has 3 rings (SSSR count). The second kappa shape index (κ2) is 4.14. The van der Waals surface area contributed by atoms with Gasteiger partial charge in [0.15, 0.2) is 23.6 Å². The molecule has 0 aliphatic heterocycles. The predicted octanol–water partition coefficient (Wildman–Crippen LogP) is 1.29. The van der Waals surface area contributed by atoms with Crippen LogP contribution in [0.25, 0.3) is 11.1 Å². The normalized spacial score (nSPS) is 11.2. The summed E-state index contributed by atoms with van der Waals surface area (Å²) in [6.45, 7) is 2.00. The van der Waals surface area contributed by atoms with Crippen molar-refractivity contribution >= 4 is 11.1 Å². The van der Waals surface area contributed by atoms with E-state index in [1.54, 1.807) is 4.68 Å². The highest BCUT2D eigenvalue weighted by Gasteiger charge is 2.09. The standard InChI is InChI=1S/C12H13N5O/c1-2-11-15-16-12(17(11)13)6-8-3-4-9-10(5-8)18-7-14-9/h3-5,7H,2,6,13H2,1H3. The van der Waals surface area contributed by atoms with Crippen molar-refractivity contribution in [2.75, 3.05) is 5.84 Å². The zero-order valence-corrected chi connectivity index (χ0v) is 10.00. The van der Waals surface area contributed by atoms with Crippen LogP contribution in [0.3, 0.4) is 0 Å². The van der Waals surface area contributed by atoms with Gasteiger partial charge in [-0.15, -0.1) is 10.2 Å². The second-order valence-electron chi connectivity index (χ2n) is 4.09. The molecule has 0 atom stereocenters. The molecule has 0 amide bonds. The second-order valence-corrected chi connectivity index (χ2v) is 4.09. The Balaban J connectivity index is 1.93. The van der Waals surface area contributed by atoms with Gasteiger partial charge >= 0.3 is 0 Å². The number of hydrogen-bond acceptors (Lipinski definition) is 5. The van der Waals surface area contributed by atoms with Crippen LogP contribution < -0.4 is 5.84 Å². The lowest BCUT2D eigenvalue weighted by molar-refractivity contribution is 0.601. The fourth-order valence-corrected chi connectivity index (χ4v) is 1.91. The minimum Gasteiger partial charge on any atom is -0.443 e. The molecule has 2 heterocycles. The van der Waals surface area contributed by atoms with Gasteiger partial charge in [-0.1, -0.05) is 13.0 Å². The van der Waals surface area contributed by atoms with E-state index in [1.165, 1.54) is 6.39 Å². The van der Waals surface area contributed by atoms with Crippen molar-refractivity contribution in [2.45, 2.75) is 19.8 Å². The van der Waals surface area contributed by atoms with Crippen LogP contribution in [0.2, 0.25) is 0 Å². The predicted molar refractivity (Wildman–Crippen MR) is 66.4 cm³/mol. The molecule has 0 fully saturated rings. The van der Waals surface area contributed by atoms with E-state index >= 15 is 0 Å². The summed E-state index contributed by atoms with van der Waals surface area (Å²) < 4.78 is 6.81. The number of hydrogen-bond donors (Lipinski definition) is 1. The number of fused-ring (bicyclic) bond motifs is 1. The number of nitrogens with zero attached hydrogens (tertiary/aromatic N) is 4. The van der Waals surface area contributed by atoms with Gasteiger partial charge < -0.3 is 10.3 Å². The molecular formula is C12H13N5O. The quantitative estimate of drug-likeness (QED) is 0.701. The highest BCUT2D eigenvalue weighted by molar-refractivity contribution is 5.72. The number of benzene rings is 1. The highest BCUT2D eigenvalue weighted by Crippen LogP contribution is 2.16. The zero-order valence-electron chi connectivity index (χ0n) is 10.00. The maximum Gasteiger partial charge on any atom is 0.181 e. The first-order valence-corrected chi connectivity index (χ1v) is 5.78. The molecule has 0 saturated carbocycles. The van der Waals surface area contributed by atoms with Gasteiger partial charge in [0.1, 0.15) is 5.52 Å². The van der Waals surface area contributed by atoms with E-state index in [9.17, 15) is 0 Å². The van der Waals surface area contributed by atoms with Gasteiger partial charge in [0.05, 0.1) is 0 Å². The van der Waals surface area contributed by atoms with Crippen molar-refractivity contribution < 1.29 is 4.42 Å². The van der Waals surface area contributed by atoms with Gasteiger partial charge in [-0.05, 0) is 17.7 Å². The summed E-state index contributed by atoms with van der Waals surface area (Å²) in [6, 6.07) is 5.86. The first-order valence-electron chi connectivity index (χ1n) is 5.78. The molecule has 0 radical (unpaired) electrons. The fraction of sp³-hybridized carbons (Fsp3) is 0.250. The number of oxazole rings is 1. The molecule has 92 valence electrons. The van der Waals surface area contributed by atoms with Crippen molar-refractivity contribution in [1.82, 2.24) is 19.9 Å². The summed E-state index contributed by atoms with van der Waals surface area (Å²) >= 11 is 0. The third-order valence-electron chi connectivity index (χ3n) is 2.91. The van der Waals surface area contributed by atoms with Crippen molar-refractivity contribution in [3.63, 3.8) is 0 Å². The first-order chi connectivity index (χ1) is 8.78. The molecule has 0 aliphatic rings. The summed E-state index contributed by atoms with van der Waals surface area (Å²) in [7, 11) is 0. The Kier molecular flexibility index (Phi) is 2.47. The van der Waals surface area contributed by atoms with Crippen molar-refractivity contribution in [2.24, 2.45) is 0 Å².